The summed E-state index contributed by atoms with van der Waals surface area (Å²) < 4.78 is 55.0. The molecule has 0 spiro atoms. The lowest BCUT2D eigenvalue weighted by Gasteiger charge is -2.09. The third kappa shape index (κ3) is 5.06. The zero-order valence-electron chi connectivity index (χ0n) is 15.1. The first-order chi connectivity index (χ1) is 13.6. The van der Waals surface area contributed by atoms with Crippen LogP contribution in [0, 0.1) is 5.82 Å². The number of unbranched alkanes of at least 4 members (excludes halogenated alkanes) is 1. The lowest BCUT2D eigenvalue weighted by molar-refractivity contribution is -0.138. The monoisotopic (exact) mass is 428 g/mol. The van der Waals surface area contributed by atoms with E-state index < -0.39 is 23.5 Å². The molecular weight excluding hydrogens is 412 g/mol. The maximum absolute atomic E-state index is 14.2. The van der Waals surface area contributed by atoms with Crippen molar-refractivity contribution in [3.63, 3.8) is 0 Å². The molecule has 0 aliphatic carbocycles. The molecule has 1 N–H and O–H groups in total. The minimum Gasteiger partial charge on any atom is -0.481 e. The van der Waals surface area contributed by atoms with Gasteiger partial charge in [-0.1, -0.05) is 23.7 Å². The van der Waals surface area contributed by atoms with E-state index in [1.165, 1.54) is 22.9 Å². The summed E-state index contributed by atoms with van der Waals surface area (Å²) in [6.45, 7) is -0.0596. The fourth-order valence-corrected chi connectivity index (χ4v) is 3.26. The molecule has 0 radical (unpaired) electrons. The van der Waals surface area contributed by atoms with Crippen LogP contribution in [-0.2, 0) is 23.9 Å². The largest absolute Gasteiger partial charge is 0.481 e. The second-order valence-electron chi connectivity index (χ2n) is 6.67. The van der Waals surface area contributed by atoms with Crippen molar-refractivity contribution in [1.82, 2.24) is 9.78 Å². The van der Waals surface area contributed by atoms with Crippen LogP contribution < -0.4 is 0 Å². The van der Waals surface area contributed by atoms with E-state index in [1.54, 1.807) is 0 Å². The van der Waals surface area contributed by atoms with E-state index in [1.807, 2.05) is 0 Å². The number of hydrogen-bond acceptors (Lipinski definition) is 2. The minimum atomic E-state index is -4.52. The van der Waals surface area contributed by atoms with Crippen molar-refractivity contribution < 1.29 is 27.5 Å². The summed E-state index contributed by atoms with van der Waals surface area (Å²) in [6.07, 6.45) is -3.15. The third-order valence-electron chi connectivity index (χ3n) is 4.54. The Labute approximate surface area is 168 Å². The van der Waals surface area contributed by atoms with E-state index in [2.05, 4.69) is 5.10 Å². The van der Waals surface area contributed by atoms with Gasteiger partial charge in [0.1, 0.15) is 5.82 Å². The van der Waals surface area contributed by atoms with Gasteiger partial charge in [-0.25, -0.2) is 4.39 Å². The predicted octanol–water partition coefficient (Wildman–Crippen LogP) is 5.69. The Morgan fingerprint density at radius 3 is 2.55 bits per heavy atom. The minimum absolute atomic E-state index is 0.00679. The van der Waals surface area contributed by atoms with Crippen LogP contribution in [0.5, 0.6) is 0 Å². The number of rotatable bonds is 7. The molecule has 0 unspecified atom stereocenters. The quantitative estimate of drug-likeness (QED) is 0.388. The van der Waals surface area contributed by atoms with Gasteiger partial charge in [0.15, 0.2) is 0 Å². The summed E-state index contributed by atoms with van der Waals surface area (Å²) in [5.41, 5.74) is 0.213. The fourth-order valence-electron chi connectivity index (χ4n) is 3.10. The topological polar surface area (TPSA) is 55.1 Å². The number of aromatic nitrogens is 2. The number of alkyl halides is 3. The average molecular weight is 429 g/mol. The van der Waals surface area contributed by atoms with Crippen LogP contribution in [0.4, 0.5) is 17.6 Å². The Bertz CT molecular complexity index is 1050. The van der Waals surface area contributed by atoms with E-state index in [4.69, 9.17) is 16.7 Å². The number of carboxylic acid groups (broad SMARTS) is 1. The lowest BCUT2D eigenvalue weighted by atomic mass is 10.1. The zero-order valence-corrected chi connectivity index (χ0v) is 15.9. The first kappa shape index (κ1) is 21.1. The maximum Gasteiger partial charge on any atom is 0.416 e. The van der Waals surface area contributed by atoms with Gasteiger partial charge >= 0.3 is 12.1 Å². The average Bonchev–Trinajstić information content (AvgIpc) is 2.97. The van der Waals surface area contributed by atoms with E-state index in [0.29, 0.717) is 30.3 Å². The number of fused-ring (bicyclic) bond motifs is 1. The summed E-state index contributed by atoms with van der Waals surface area (Å²) in [5, 5.41) is 13.9. The van der Waals surface area contributed by atoms with Crippen LogP contribution >= 0.6 is 11.6 Å². The standard InChI is InChI=1S/C20H17ClF4N2O2/c21-14-7-5-12(16(22)10-14)11-27-18-9-13(20(23,24)25)6-8-15(18)17(26-27)3-1-2-4-19(28)29/h5-10H,1-4,11H2,(H,28,29). The molecule has 1 heterocycles. The van der Waals surface area contributed by atoms with Crippen molar-refractivity contribution in [2.24, 2.45) is 0 Å². The predicted molar refractivity (Wildman–Crippen MR) is 100 cm³/mol. The number of aliphatic carboxylic acids is 1. The third-order valence-corrected chi connectivity index (χ3v) is 4.78. The molecule has 0 amide bonds. The molecule has 0 saturated carbocycles. The molecule has 0 saturated heterocycles. The van der Waals surface area contributed by atoms with Gasteiger partial charge in [0.25, 0.3) is 0 Å². The Balaban J connectivity index is 1.98. The Morgan fingerprint density at radius 2 is 1.90 bits per heavy atom. The Kier molecular flexibility index (Phi) is 6.12. The molecule has 0 atom stereocenters. The number of hydrogen-bond donors (Lipinski definition) is 1. The molecule has 154 valence electrons. The lowest BCUT2D eigenvalue weighted by Crippen LogP contribution is -2.07. The highest BCUT2D eigenvalue weighted by atomic mass is 35.5. The number of carboxylic acids is 1. The normalized spacial score (nSPS) is 11.9. The summed E-state index contributed by atoms with van der Waals surface area (Å²) in [7, 11) is 0. The van der Waals surface area contributed by atoms with Crippen LogP contribution in [0.15, 0.2) is 36.4 Å². The van der Waals surface area contributed by atoms with Crippen molar-refractivity contribution in [1.29, 1.82) is 0 Å². The van der Waals surface area contributed by atoms with Gasteiger partial charge in [-0.05, 0) is 43.5 Å². The first-order valence-corrected chi connectivity index (χ1v) is 9.25. The summed E-state index contributed by atoms with van der Waals surface area (Å²) in [4.78, 5) is 10.6. The van der Waals surface area contributed by atoms with E-state index in [9.17, 15) is 22.4 Å². The zero-order chi connectivity index (χ0) is 21.2. The number of benzene rings is 2. The molecule has 0 aliphatic heterocycles. The highest BCUT2D eigenvalue weighted by molar-refractivity contribution is 6.30. The van der Waals surface area contributed by atoms with Crippen molar-refractivity contribution in [3.8, 4) is 0 Å². The molecule has 4 nitrogen and oxygen atoms in total. The van der Waals surface area contributed by atoms with Crippen molar-refractivity contribution >= 4 is 28.5 Å². The smallest absolute Gasteiger partial charge is 0.416 e. The second-order valence-corrected chi connectivity index (χ2v) is 7.11. The number of aryl methyl sites for hydroxylation is 1. The van der Waals surface area contributed by atoms with Crippen LogP contribution in [0.3, 0.4) is 0 Å². The van der Waals surface area contributed by atoms with Crippen molar-refractivity contribution in [2.75, 3.05) is 0 Å². The van der Waals surface area contributed by atoms with Gasteiger partial charge in [0, 0.05) is 22.4 Å². The van der Waals surface area contributed by atoms with Crippen molar-refractivity contribution in [3.05, 3.63) is 64.1 Å². The Hall–Kier alpha value is -2.61. The van der Waals surface area contributed by atoms with Crippen LogP contribution in [0.25, 0.3) is 10.9 Å². The number of nitrogens with zero attached hydrogens (tertiary/aromatic N) is 2. The Morgan fingerprint density at radius 1 is 1.14 bits per heavy atom. The van der Waals surface area contributed by atoms with Crippen molar-refractivity contribution in [2.45, 2.75) is 38.4 Å². The molecule has 3 aromatic rings. The van der Waals surface area contributed by atoms with Crippen LogP contribution in [0.2, 0.25) is 5.02 Å². The fraction of sp³-hybridized carbons (Fsp3) is 0.300. The molecule has 0 aliphatic rings. The summed E-state index contributed by atoms with van der Waals surface area (Å²) >= 11 is 5.75. The highest BCUT2D eigenvalue weighted by Gasteiger charge is 2.31. The van der Waals surface area contributed by atoms with Crippen LogP contribution in [-0.4, -0.2) is 20.9 Å². The van der Waals surface area contributed by atoms with Gasteiger partial charge < -0.3 is 5.11 Å². The summed E-state index contributed by atoms with van der Waals surface area (Å²) in [6, 6.07) is 7.43. The maximum atomic E-state index is 14.2. The molecule has 3 rings (SSSR count). The van der Waals surface area contributed by atoms with E-state index >= 15 is 0 Å². The van der Waals surface area contributed by atoms with Gasteiger partial charge in [0.05, 0.1) is 23.3 Å². The van der Waals surface area contributed by atoms with Gasteiger partial charge in [-0.15, -0.1) is 0 Å². The van der Waals surface area contributed by atoms with Crippen LogP contribution in [0.1, 0.15) is 36.1 Å². The number of halogens is 5. The molecule has 2 aromatic carbocycles. The molecule has 0 fully saturated rings. The van der Waals surface area contributed by atoms with E-state index in [-0.39, 0.29) is 29.1 Å². The first-order valence-electron chi connectivity index (χ1n) is 8.87. The highest BCUT2D eigenvalue weighted by Crippen LogP contribution is 2.33. The second kappa shape index (κ2) is 8.41. The SMILES string of the molecule is O=C(O)CCCCc1nn(Cc2ccc(Cl)cc2F)c2cc(C(F)(F)F)ccc12. The van der Waals surface area contributed by atoms with E-state index in [0.717, 1.165) is 18.2 Å². The molecule has 29 heavy (non-hydrogen) atoms. The molecule has 1 aromatic heterocycles. The molecule has 0 bridgehead atoms. The number of carbonyl (C=O) groups is 1. The van der Waals surface area contributed by atoms with Gasteiger partial charge in [0.2, 0.25) is 0 Å². The molecular formula is C20H17ClF4N2O2. The van der Waals surface area contributed by atoms with Gasteiger partial charge in [-0.2, -0.15) is 18.3 Å². The molecule has 9 heteroatoms. The van der Waals surface area contributed by atoms with Gasteiger partial charge in [-0.3, -0.25) is 9.48 Å². The summed E-state index contributed by atoms with van der Waals surface area (Å²) in [5.74, 6) is -1.48.